The summed E-state index contributed by atoms with van der Waals surface area (Å²) < 4.78 is 23.7. The second kappa shape index (κ2) is 9.69. The average Bonchev–Trinajstić information content (AvgIpc) is 2.71. The van der Waals surface area contributed by atoms with Gasteiger partial charge in [0.2, 0.25) is 0 Å². The van der Waals surface area contributed by atoms with E-state index in [1.165, 1.54) is 18.2 Å². The molecule has 0 aliphatic carbocycles. The Labute approximate surface area is 174 Å². The number of carbonyl (C=O) groups is 2. The van der Waals surface area contributed by atoms with Crippen LogP contribution in [-0.4, -0.2) is 18.5 Å². The standard InChI is InChI=1S/C24H22FNO4/c1-16-10-17(2)12-21(11-16)26-23(27)15-30-24(28)19-4-3-5-22(13-19)29-14-18-6-8-20(25)9-7-18/h3-13H,14-15H2,1-2H3,(H,26,27). The second-order valence-electron chi connectivity index (χ2n) is 6.94. The van der Waals surface area contributed by atoms with Crippen LogP contribution in [0.2, 0.25) is 0 Å². The van der Waals surface area contributed by atoms with Crippen molar-refractivity contribution in [3.05, 3.63) is 94.8 Å². The number of esters is 1. The summed E-state index contributed by atoms with van der Waals surface area (Å²) >= 11 is 0. The molecule has 0 atom stereocenters. The van der Waals surface area contributed by atoms with Crippen molar-refractivity contribution in [3.63, 3.8) is 0 Å². The number of halogens is 1. The minimum absolute atomic E-state index is 0.233. The molecule has 3 aromatic carbocycles. The lowest BCUT2D eigenvalue weighted by atomic mass is 10.1. The molecular weight excluding hydrogens is 385 g/mol. The fourth-order valence-electron chi connectivity index (χ4n) is 2.92. The van der Waals surface area contributed by atoms with E-state index in [0.717, 1.165) is 16.7 Å². The third kappa shape index (κ3) is 6.17. The maximum Gasteiger partial charge on any atom is 0.338 e. The van der Waals surface area contributed by atoms with Crippen LogP contribution in [0.15, 0.2) is 66.7 Å². The normalized spacial score (nSPS) is 10.4. The van der Waals surface area contributed by atoms with Crippen LogP contribution in [0.5, 0.6) is 5.75 Å². The van der Waals surface area contributed by atoms with Gasteiger partial charge < -0.3 is 14.8 Å². The Bertz CT molecular complexity index is 1030. The molecular formula is C24H22FNO4. The van der Waals surface area contributed by atoms with Crippen molar-refractivity contribution in [3.8, 4) is 5.75 Å². The Kier molecular flexibility index (Phi) is 6.80. The van der Waals surface area contributed by atoms with Gasteiger partial charge in [0.15, 0.2) is 6.61 Å². The SMILES string of the molecule is Cc1cc(C)cc(NC(=O)COC(=O)c2cccc(OCc3ccc(F)cc3)c2)c1. The van der Waals surface area contributed by atoms with E-state index >= 15 is 0 Å². The molecule has 0 spiro atoms. The second-order valence-corrected chi connectivity index (χ2v) is 6.94. The highest BCUT2D eigenvalue weighted by Crippen LogP contribution is 2.17. The topological polar surface area (TPSA) is 64.6 Å². The first-order valence-electron chi connectivity index (χ1n) is 9.41. The van der Waals surface area contributed by atoms with Crippen LogP contribution in [0, 0.1) is 19.7 Å². The van der Waals surface area contributed by atoms with Crippen molar-refractivity contribution in [1.82, 2.24) is 0 Å². The minimum atomic E-state index is -0.627. The van der Waals surface area contributed by atoms with Crippen LogP contribution in [0.25, 0.3) is 0 Å². The third-order valence-electron chi connectivity index (χ3n) is 4.23. The predicted molar refractivity (Wildman–Crippen MR) is 112 cm³/mol. The van der Waals surface area contributed by atoms with Crippen molar-refractivity contribution < 1.29 is 23.5 Å². The van der Waals surface area contributed by atoms with Gasteiger partial charge in [-0.1, -0.05) is 24.3 Å². The van der Waals surface area contributed by atoms with Gasteiger partial charge in [-0.05, 0) is 73.0 Å². The van der Waals surface area contributed by atoms with Crippen molar-refractivity contribution in [2.75, 3.05) is 11.9 Å². The highest BCUT2D eigenvalue weighted by Gasteiger charge is 2.12. The summed E-state index contributed by atoms with van der Waals surface area (Å²) in [5.74, 6) is -0.895. The number of carbonyl (C=O) groups excluding carboxylic acids is 2. The number of amides is 1. The molecule has 1 N–H and O–H groups in total. The summed E-state index contributed by atoms with van der Waals surface area (Å²) in [5, 5.41) is 2.72. The molecule has 0 unspecified atom stereocenters. The molecule has 0 saturated carbocycles. The zero-order valence-corrected chi connectivity index (χ0v) is 16.8. The lowest BCUT2D eigenvalue weighted by molar-refractivity contribution is -0.119. The number of hydrogen-bond acceptors (Lipinski definition) is 4. The minimum Gasteiger partial charge on any atom is -0.489 e. The van der Waals surface area contributed by atoms with Crippen LogP contribution in [0.4, 0.5) is 10.1 Å². The Balaban J connectivity index is 1.53. The summed E-state index contributed by atoms with van der Waals surface area (Å²) in [6, 6.07) is 18.1. The molecule has 5 nitrogen and oxygen atoms in total. The molecule has 30 heavy (non-hydrogen) atoms. The molecule has 3 rings (SSSR count). The molecule has 0 bridgehead atoms. The van der Waals surface area contributed by atoms with E-state index in [2.05, 4.69) is 5.32 Å². The van der Waals surface area contributed by atoms with E-state index in [1.54, 1.807) is 30.3 Å². The number of hydrogen-bond donors (Lipinski definition) is 1. The van der Waals surface area contributed by atoms with Crippen molar-refractivity contribution >= 4 is 17.6 Å². The zero-order valence-electron chi connectivity index (χ0n) is 16.8. The first-order chi connectivity index (χ1) is 14.4. The third-order valence-corrected chi connectivity index (χ3v) is 4.23. The molecule has 1 amide bonds. The van der Waals surface area contributed by atoms with Crippen LogP contribution in [0.1, 0.15) is 27.0 Å². The first-order valence-corrected chi connectivity index (χ1v) is 9.41. The largest absolute Gasteiger partial charge is 0.489 e. The predicted octanol–water partition coefficient (Wildman–Crippen LogP) is 4.82. The number of nitrogens with one attached hydrogen (secondary N) is 1. The van der Waals surface area contributed by atoms with Gasteiger partial charge in [-0.3, -0.25) is 4.79 Å². The molecule has 0 fully saturated rings. The Morgan fingerprint density at radius 2 is 1.63 bits per heavy atom. The molecule has 0 aromatic heterocycles. The molecule has 154 valence electrons. The van der Waals surface area contributed by atoms with Gasteiger partial charge in [0.1, 0.15) is 18.2 Å². The number of anilines is 1. The molecule has 0 aliphatic rings. The highest BCUT2D eigenvalue weighted by atomic mass is 19.1. The van der Waals surface area contributed by atoms with Gasteiger partial charge in [-0.2, -0.15) is 0 Å². The van der Waals surface area contributed by atoms with Gasteiger partial charge in [-0.25, -0.2) is 9.18 Å². The summed E-state index contributed by atoms with van der Waals surface area (Å²) in [5.41, 5.74) is 3.78. The molecule has 0 heterocycles. The summed E-state index contributed by atoms with van der Waals surface area (Å²) in [6.07, 6.45) is 0. The van der Waals surface area contributed by atoms with Crippen molar-refractivity contribution in [2.45, 2.75) is 20.5 Å². The van der Waals surface area contributed by atoms with Crippen molar-refractivity contribution in [1.29, 1.82) is 0 Å². The Hall–Kier alpha value is -3.67. The number of benzene rings is 3. The van der Waals surface area contributed by atoms with E-state index in [-0.39, 0.29) is 18.0 Å². The fourth-order valence-corrected chi connectivity index (χ4v) is 2.92. The van der Waals surface area contributed by atoms with E-state index < -0.39 is 18.5 Å². The Morgan fingerprint density at radius 1 is 0.933 bits per heavy atom. The lowest BCUT2D eigenvalue weighted by Gasteiger charge is -2.10. The molecule has 0 saturated heterocycles. The maximum absolute atomic E-state index is 13.0. The summed E-state index contributed by atoms with van der Waals surface area (Å²) in [6.45, 7) is 3.71. The number of rotatable bonds is 7. The quantitative estimate of drug-likeness (QED) is 0.571. The summed E-state index contributed by atoms with van der Waals surface area (Å²) in [4.78, 5) is 24.4. The zero-order chi connectivity index (χ0) is 21.5. The Morgan fingerprint density at radius 3 is 2.33 bits per heavy atom. The van der Waals surface area contributed by atoms with Crippen molar-refractivity contribution in [2.24, 2.45) is 0 Å². The van der Waals surface area contributed by atoms with E-state index in [9.17, 15) is 14.0 Å². The first kappa shape index (κ1) is 21.0. The van der Waals surface area contributed by atoms with E-state index in [4.69, 9.17) is 9.47 Å². The smallest absolute Gasteiger partial charge is 0.338 e. The molecule has 0 radical (unpaired) electrons. The maximum atomic E-state index is 13.0. The highest BCUT2D eigenvalue weighted by molar-refractivity contribution is 5.95. The number of aryl methyl sites for hydroxylation is 2. The molecule has 0 aliphatic heterocycles. The number of ether oxygens (including phenoxy) is 2. The van der Waals surface area contributed by atoms with Crippen LogP contribution < -0.4 is 10.1 Å². The summed E-state index contributed by atoms with van der Waals surface area (Å²) in [7, 11) is 0. The fraction of sp³-hybridized carbons (Fsp3) is 0.167. The molecule has 6 heteroatoms. The monoisotopic (exact) mass is 407 g/mol. The average molecular weight is 407 g/mol. The van der Waals surface area contributed by atoms with Gasteiger partial charge in [-0.15, -0.1) is 0 Å². The van der Waals surface area contributed by atoms with Gasteiger partial charge >= 0.3 is 5.97 Å². The molecule has 3 aromatic rings. The van der Waals surface area contributed by atoms with Gasteiger partial charge in [0, 0.05) is 5.69 Å². The van der Waals surface area contributed by atoms with Crippen LogP contribution >= 0.6 is 0 Å². The van der Waals surface area contributed by atoms with Gasteiger partial charge in [0.25, 0.3) is 5.91 Å². The van der Waals surface area contributed by atoms with Crippen LogP contribution in [-0.2, 0) is 16.1 Å². The van der Waals surface area contributed by atoms with Gasteiger partial charge in [0.05, 0.1) is 5.56 Å². The van der Waals surface area contributed by atoms with E-state index in [1.807, 2.05) is 32.0 Å². The lowest BCUT2D eigenvalue weighted by Crippen LogP contribution is -2.21. The van der Waals surface area contributed by atoms with Crippen LogP contribution in [0.3, 0.4) is 0 Å². The van der Waals surface area contributed by atoms with E-state index in [0.29, 0.717) is 11.4 Å².